The zero-order valence-electron chi connectivity index (χ0n) is 10.4. The second-order valence-corrected chi connectivity index (χ2v) is 5.45. The van der Waals surface area contributed by atoms with Crippen LogP contribution in [-0.4, -0.2) is 41.4 Å². The fourth-order valence-electron chi connectivity index (χ4n) is 1.33. The highest BCUT2D eigenvalue weighted by atomic mass is 32.2. The molecule has 1 aromatic carbocycles. The van der Waals surface area contributed by atoms with Gasteiger partial charge in [-0.2, -0.15) is 0 Å². The summed E-state index contributed by atoms with van der Waals surface area (Å²) >= 11 is 0. The number of anilines is 1. The molecule has 0 saturated carbocycles. The Bertz CT molecular complexity index is 509. The quantitative estimate of drug-likeness (QED) is 0.736. The van der Waals surface area contributed by atoms with Gasteiger partial charge in [-0.25, -0.2) is 8.42 Å². The summed E-state index contributed by atoms with van der Waals surface area (Å²) in [5.74, 6) is -0.0264. The third kappa shape index (κ3) is 3.63. The van der Waals surface area contributed by atoms with Crippen LogP contribution in [0.5, 0.6) is 5.75 Å². The van der Waals surface area contributed by atoms with E-state index in [0.717, 1.165) is 10.6 Å². The predicted octanol–water partition coefficient (Wildman–Crippen LogP) is 0.634. The number of esters is 1. The molecule has 0 aliphatic rings. The van der Waals surface area contributed by atoms with Gasteiger partial charge in [0, 0.05) is 0 Å². The molecule has 1 rings (SSSR count). The van der Waals surface area contributed by atoms with Gasteiger partial charge in [-0.05, 0) is 24.3 Å². The maximum absolute atomic E-state index is 11.6. The largest absolute Gasteiger partial charge is 0.497 e. The molecule has 0 heterocycles. The summed E-state index contributed by atoms with van der Waals surface area (Å²) in [6.07, 6.45) is 1.03. The average molecular weight is 273 g/mol. The molecule has 0 bridgehead atoms. The van der Waals surface area contributed by atoms with Crippen LogP contribution in [0.15, 0.2) is 24.3 Å². The first kappa shape index (κ1) is 14.3. The topological polar surface area (TPSA) is 72.9 Å². The Morgan fingerprint density at radius 3 is 2.17 bits per heavy atom. The zero-order valence-corrected chi connectivity index (χ0v) is 11.2. The third-order valence-electron chi connectivity index (χ3n) is 2.26. The fourth-order valence-corrected chi connectivity index (χ4v) is 2.17. The van der Waals surface area contributed by atoms with Gasteiger partial charge in [0.05, 0.1) is 26.2 Å². The molecular formula is C11H15NO5S. The lowest BCUT2D eigenvalue weighted by molar-refractivity contribution is -0.138. The normalized spacial score (nSPS) is 10.8. The highest BCUT2D eigenvalue weighted by Gasteiger charge is 2.21. The van der Waals surface area contributed by atoms with Gasteiger partial charge in [0.25, 0.3) is 0 Å². The molecular weight excluding hydrogens is 258 g/mol. The number of rotatable bonds is 5. The van der Waals surface area contributed by atoms with Crippen molar-refractivity contribution >= 4 is 21.7 Å². The van der Waals surface area contributed by atoms with E-state index in [0.29, 0.717) is 11.4 Å². The van der Waals surface area contributed by atoms with Gasteiger partial charge in [0.2, 0.25) is 10.0 Å². The number of methoxy groups -OCH3 is 2. The molecule has 0 amide bonds. The maximum atomic E-state index is 11.6. The van der Waals surface area contributed by atoms with Crippen molar-refractivity contribution in [2.24, 2.45) is 0 Å². The summed E-state index contributed by atoms with van der Waals surface area (Å²) in [4.78, 5) is 11.2. The second kappa shape index (κ2) is 5.72. The van der Waals surface area contributed by atoms with E-state index in [1.807, 2.05) is 0 Å². The summed E-state index contributed by atoms with van der Waals surface area (Å²) in [5.41, 5.74) is 0.378. The minimum atomic E-state index is -3.55. The summed E-state index contributed by atoms with van der Waals surface area (Å²) < 4.78 is 33.7. The monoisotopic (exact) mass is 273 g/mol. The van der Waals surface area contributed by atoms with Gasteiger partial charge in [-0.15, -0.1) is 0 Å². The van der Waals surface area contributed by atoms with Gasteiger partial charge in [-0.3, -0.25) is 9.10 Å². The van der Waals surface area contributed by atoms with Crippen LogP contribution in [0.1, 0.15) is 0 Å². The van der Waals surface area contributed by atoms with E-state index >= 15 is 0 Å². The molecule has 0 aromatic heterocycles. The number of hydrogen-bond donors (Lipinski definition) is 0. The van der Waals surface area contributed by atoms with Crippen molar-refractivity contribution in [3.8, 4) is 5.75 Å². The highest BCUT2D eigenvalue weighted by molar-refractivity contribution is 7.92. The summed E-state index contributed by atoms with van der Waals surface area (Å²) in [6.45, 7) is -0.359. The molecule has 0 saturated heterocycles. The van der Waals surface area contributed by atoms with Crippen LogP contribution in [0.2, 0.25) is 0 Å². The smallest absolute Gasteiger partial charge is 0.326 e. The standard InChI is InChI=1S/C11H15NO5S/c1-16-10-6-4-9(5-7-10)12(18(3,14)15)8-11(13)17-2/h4-7H,8H2,1-3H3. The Morgan fingerprint density at radius 1 is 1.22 bits per heavy atom. The van der Waals surface area contributed by atoms with Crippen molar-refractivity contribution in [2.75, 3.05) is 31.3 Å². The Morgan fingerprint density at radius 2 is 1.78 bits per heavy atom. The van der Waals surface area contributed by atoms with Crippen molar-refractivity contribution in [3.63, 3.8) is 0 Å². The molecule has 18 heavy (non-hydrogen) atoms. The van der Waals surface area contributed by atoms with Crippen molar-refractivity contribution in [1.29, 1.82) is 0 Å². The van der Waals surface area contributed by atoms with Crippen LogP contribution >= 0.6 is 0 Å². The third-order valence-corrected chi connectivity index (χ3v) is 3.40. The summed E-state index contributed by atoms with van der Waals surface area (Å²) in [5, 5.41) is 0. The number of benzene rings is 1. The summed E-state index contributed by atoms with van der Waals surface area (Å²) in [6, 6.07) is 6.35. The molecule has 0 atom stereocenters. The van der Waals surface area contributed by atoms with Crippen molar-refractivity contribution in [1.82, 2.24) is 0 Å². The van der Waals surface area contributed by atoms with Crippen LogP contribution in [0.3, 0.4) is 0 Å². The van der Waals surface area contributed by atoms with E-state index in [9.17, 15) is 13.2 Å². The van der Waals surface area contributed by atoms with E-state index in [1.165, 1.54) is 14.2 Å². The molecule has 0 unspecified atom stereocenters. The summed E-state index contributed by atoms with van der Waals surface area (Å²) in [7, 11) is -0.834. The van der Waals surface area contributed by atoms with Crippen molar-refractivity contribution in [3.05, 3.63) is 24.3 Å². The van der Waals surface area contributed by atoms with Gasteiger partial charge >= 0.3 is 5.97 Å². The van der Waals surface area contributed by atoms with E-state index in [1.54, 1.807) is 24.3 Å². The predicted molar refractivity (Wildman–Crippen MR) is 67.2 cm³/mol. The van der Waals surface area contributed by atoms with Crippen LogP contribution in [0.25, 0.3) is 0 Å². The van der Waals surface area contributed by atoms with Crippen LogP contribution in [0.4, 0.5) is 5.69 Å². The first-order valence-corrected chi connectivity index (χ1v) is 6.92. The average Bonchev–Trinajstić information content (AvgIpc) is 2.34. The maximum Gasteiger partial charge on any atom is 0.326 e. The number of sulfonamides is 1. The lowest BCUT2D eigenvalue weighted by Gasteiger charge is -2.21. The minimum absolute atomic E-state index is 0.359. The molecule has 100 valence electrons. The molecule has 0 aliphatic carbocycles. The molecule has 0 aliphatic heterocycles. The second-order valence-electron chi connectivity index (χ2n) is 3.54. The highest BCUT2D eigenvalue weighted by Crippen LogP contribution is 2.21. The number of carbonyl (C=O) groups is 1. The molecule has 6 nitrogen and oxygen atoms in total. The SMILES string of the molecule is COC(=O)CN(c1ccc(OC)cc1)S(C)(=O)=O. The Kier molecular flexibility index (Phi) is 4.55. The van der Waals surface area contributed by atoms with Crippen LogP contribution in [0, 0.1) is 0 Å². The molecule has 0 spiro atoms. The fraction of sp³-hybridized carbons (Fsp3) is 0.364. The molecule has 7 heteroatoms. The molecule has 0 N–H and O–H groups in total. The van der Waals surface area contributed by atoms with E-state index in [-0.39, 0.29) is 6.54 Å². The first-order valence-electron chi connectivity index (χ1n) is 5.07. The van der Waals surface area contributed by atoms with Crippen molar-refractivity contribution in [2.45, 2.75) is 0 Å². The minimum Gasteiger partial charge on any atom is -0.497 e. The first-order chi connectivity index (χ1) is 8.38. The lowest BCUT2D eigenvalue weighted by atomic mass is 10.3. The Labute approximate surface area is 106 Å². The van der Waals surface area contributed by atoms with Crippen LogP contribution in [-0.2, 0) is 19.6 Å². The van der Waals surface area contributed by atoms with E-state index in [2.05, 4.69) is 4.74 Å². The van der Waals surface area contributed by atoms with E-state index in [4.69, 9.17) is 4.74 Å². The molecule has 1 aromatic rings. The number of ether oxygens (including phenoxy) is 2. The van der Waals surface area contributed by atoms with Gasteiger partial charge in [0.15, 0.2) is 0 Å². The lowest BCUT2D eigenvalue weighted by Crippen LogP contribution is -2.35. The van der Waals surface area contributed by atoms with Gasteiger partial charge in [-0.1, -0.05) is 0 Å². The molecule has 0 fully saturated rings. The van der Waals surface area contributed by atoms with Gasteiger partial charge < -0.3 is 9.47 Å². The Hall–Kier alpha value is -1.76. The van der Waals surface area contributed by atoms with Crippen molar-refractivity contribution < 1.29 is 22.7 Å². The Balaban J connectivity index is 3.06. The number of hydrogen-bond acceptors (Lipinski definition) is 5. The van der Waals surface area contributed by atoms with Gasteiger partial charge in [0.1, 0.15) is 12.3 Å². The number of nitrogens with zero attached hydrogens (tertiary/aromatic N) is 1. The number of carbonyl (C=O) groups excluding carboxylic acids is 1. The molecule has 0 radical (unpaired) electrons. The van der Waals surface area contributed by atoms with Crippen LogP contribution < -0.4 is 9.04 Å². The van der Waals surface area contributed by atoms with E-state index < -0.39 is 16.0 Å². The zero-order chi connectivity index (χ0) is 13.8.